The van der Waals surface area contributed by atoms with Crippen LogP contribution in [0.2, 0.25) is 10.0 Å². The molecule has 0 radical (unpaired) electrons. The predicted octanol–water partition coefficient (Wildman–Crippen LogP) is 3.31. The second-order valence-corrected chi connectivity index (χ2v) is 4.39. The molecular weight excluding hydrogens is 235 g/mol. The molecule has 0 aliphatic heterocycles. The molecule has 0 spiro atoms. The Morgan fingerprint density at radius 1 is 1.40 bits per heavy atom. The monoisotopic (exact) mass is 248 g/mol. The molecule has 0 aliphatic rings. The summed E-state index contributed by atoms with van der Waals surface area (Å²) in [7, 11) is 1.60. The van der Waals surface area contributed by atoms with Crippen LogP contribution in [-0.2, 0) is 4.74 Å². The lowest BCUT2D eigenvalue weighted by molar-refractivity contribution is 0.0567. The Bertz CT molecular complexity index is 328. The van der Waals surface area contributed by atoms with Crippen LogP contribution in [0.1, 0.15) is 18.6 Å². The Morgan fingerprint density at radius 2 is 2.07 bits per heavy atom. The molecule has 1 aromatic rings. The van der Waals surface area contributed by atoms with Gasteiger partial charge >= 0.3 is 0 Å². The first-order chi connectivity index (χ1) is 7.06. The number of hydrogen-bond acceptors (Lipinski definition) is 2. The number of methoxy groups -OCH3 is 1. The number of halogens is 2. The number of benzene rings is 1. The fraction of sp³-hybridized carbons (Fsp3) is 0.455. The van der Waals surface area contributed by atoms with Crippen molar-refractivity contribution in [2.45, 2.75) is 13.0 Å². The van der Waals surface area contributed by atoms with E-state index in [1.54, 1.807) is 25.3 Å². The van der Waals surface area contributed by atoms with E-state index >= 15 is 0 Å². The number of aliphatic hydroxyl groups excluding tert-OH is 1. The van der Waals surface area contributed by atoms with E-state index in [9.17, 15) is 5.11 Å². The normalized spacial score (nSPS) is 15.0. The molecule has 84 valence electrons. The van der Waals surface area contributed by atoms with Crippen LogP contribution in [0.4, 0.5) is 0 Å². The van der Waals surface area contributed by atoms with Crippen molar-refractivity contribution < 1.29 is 9.84 Å². The number of ether oxygens (including phenoxy) is 1. The molecule has 0 heterocycles. The summed E-state index contributed by atoms with van der Waals surface area (Å²) in [4.78, 5) is 0. The van der Waals surface area contributed by atoms with E-state index in [2.05, 4.69) is 0 Å². The zero-order valence-corrected chi connectivity index (χ0v) is 10.2. The molecule has 0 bridgehead atoms. The first kappa shape index (κ1) is 12.8. The largest absolute Gasteiger partial charge is 0.388 e. The zero-order chi connectivity index (χ0) is 11.4. The third kappa shape index (κ3) is 3.35. The molecule has 1 N–H and O–H groups in total. The Hall–Kier alpha value is -0.280. The van der Waals surface area contributed by atoms with Gasteiger partial charge in [0.1, 0.15) is 0 Å². The summed E-state index contributed by atoms with van der Waals surface area (Å²) in [5, 5.41) is 11.1. The van der Waals surface area contributed by atoms with Crippen molar-refractivity contribution in [1.29, 1.82) is 0 Å². The SMILES string of the molecule is COCC(C)C(O)c1cc(Cl)ccc1Cl. The topological polar surface area (TPSA) is 29.5 Å². The summed E-state index contributed by atoms with van der Waals surface area (Å²) in [6.45, 7) is 2.37. The summed E-state index contributed by atoms with van der Waals surface area (Å²) in [6.07, 6.45) is -0.656. The van der Waals surface area contributed by atoms with Gasteiger partial charge in [-0.2, -0.15) is 0 Å². The van der Waals surface area contributed by atoms with E-state index in [1.807, 2.05) is 6.92 Å². The highest BCUT2D eigenvalue weighted by molar-refractivity contribution is 6.33. The van der Waals surface area contributed by atoms with Gasteiger partial charge in [-0.1, -0.05) is 30.1 Å². The highest BCUT2D eigenvalue weighted by Gasteiger charge is 2.19. The van der Waals surface area contributed by atoms with Crippen molar-refractivity contribution in [3.8, 4) is 0 Å². The standard InChI is InChI=1S/C11H14Cl2O2/c1-7(6-15-2)11(14)9-5-8(12)3-4-10(9)13/h3-5,7,11,14H,6H2,1-2H3. The first-order valence-electron chi connectivity index (χ1n) is 4.68. The van der Waals surface area contributed by atoms with Gasteiger partial charge in [-0.15, -0.1) is 0 Å². The maximum atomic E-state index is 10.0. The van der Waals surface area contributed by atoms with E-state index in [-0.39, 0.29) is 5.92 Å². The lowest BCUT2D eigenvalue weighted by Crippen LogP contribution is -2.14. The molecule has 2 unspecified atom stereocenters. The summed E-state index contributed by atoms with van der Waals surface area (Å²) in [6, 6.07) is 5.06. The minimum Gasteiger partial charge on any atom is -0.388 e. The number of rotatable bonds is 4. The molecule has 0 aromatic heterocycles. The van der Waals surface area contributed by atoms with Crippen LogP contribution in [0.5, 0.6) is 0 Å². The third-order valence-electron chi connectivity index (χ3n) is 2.25. The molecule has 0 amide bonds. The Labute approximate surface area is 99.8 Å². The van der Waals surface area contributed by atoms with Crippen LogP contribution in [-0.4, -0.2) is 18.8 Å². The van der Waals surface area contributed by atoms with Gasteiger partial charge in [-0.3, -0.25) is 0 Å². The highest BCUT2D eigenvalue weighted by Crippen LogP contribution is 2.30. The van der Waals surface area contributed by atoms with Gasteiger partial charge in [-0.25, -0.2) is 0 Å². The van der Waals surface area contributed by atoms with Gasteiger partial charge in [-0.05, 0) is 18.2 Å². The van der Waals surface area contributed by atoms with Crippen molar-refractivity contribution in [1.82, 2.24) is 0 Å². The maximum absolute atomic E-state index is 10.0. The van der Waals surface area contributed by atoms with Crippen molar-refractivity contribution in [3.05, 3.63) is 33.8 Å². The maximum Gasteiger partial charge on any atom is 0.0852 e. The molecular formula is C11H14Cl2O2. The van der Waals surface area contributed by atoms with Gasteiger partial charge in [0.25, 0.3) is 0 Å². The van der Waals surface area contributed by atoms with Crippen LogP contribution in [0.3, 0.4) is 0 Å². The molecule has 0 saturated carbocycles. The van der Waals surface area contributed by atoms with Gasteiger partial charge in [0.05, 0.1) is 12.7 Å². The molecule has 2 nitrogen and oxygen atoms in total. The minimum absolute atomic E-state index is 0.0223. The molecule has 0 fully saturated rings. The van der Waals surface area contributed by atoms with Crippen LogP contribution in [0.15, 0.2) is 18.2 Å². The van der Waals surface area contributed by atoms with Crippen LogP contribution in [0.25, 0.3) is 0 Å². The fourth-order valence-corrected chi connectivity index (χ4v) is 1.81. The van der Waals surface area contributed by atoms with Crippen LogP contribution < -0.4 is 0 Å². The van der Waals surface area contributed by atoms with E-state index in [4.69, 9.17) is 27.9 Å². The molecule has 15 heavy (non-hydrogen) atoms. The Kier molecular flexibility index (Phi) is 4.87. The van der Waals surface area contributed by atoms with Crippen molar-refractivity contribution >= 4 is 23.2 Å². The smallest absolute Gasteiger partial charge is 0.0852 e. The third-order valence-corrected chi connectivity index (χ3v) is 2.82. The minimum atomic E-state index is -0.656. The van der Waals surface area contributed by atoms with Gasteiger partial charge in [0.15, 0.2) is 0 Å². The quantitative estimate of drug-likeness (QED) is 0.886. The van der Waals surface area contributed by atoms with E-state index in [0.29, 0.717) is 22.2 Å². The molecule has 0 aliphatic carbocycles. The van der Waals surface area contributed by atoms with Crippen LogP contribution in [0, 0.1) is 5.92 Å². The fourth-order valence-electron chi connectivity index (χ4n) is 1.40. The lowest BCUT2D eigenvalue weighted by Gasteiger charge is -2.19. The van der Waals surface area contributed by atoms with Crippen molar-refractivity contribution in [2.75, 3.05) is 13.7 Å². The van der Waals surface area contributed by atoms with Gasteiger partial charge < -0.3 is 9.84 Å². The average molecular weight is 249 g/mol. The van der Waals surface area contributed by atoms with Crippen molar-refractivity contribution in [3.63, 3.8) is 0 Å². The molecule has 1 aromatic carbocycles. The van der Waals surface area contributed by atoms with E-state index in [1.165, 1.54) is 0 Å². The van der Waals surface area contributed by atoms with Gasteiger partial charge in [0, 0.05) is 28.6 Å². The summed E-state index contributed by atoms with van der Waals surface area (Å²) < 4.78 is 4.98. The zero-order valence-electron chi connectivity index (χ0n) is 8.71. The Balaban J connectivity index is 2.89. The summed E-state index contributed by atoms with van der Waals surface area (Å²) in [5.41, 5.74) is 0.647. The first-order valence-corrected chi connectivity index (χ1v) is 5.43. The number of aliphatic hydroxyl groups is 1. The summed E-state index contributed by atoms with van der Waals surface area (Å²) >= 11 is 11.8. The molecule has 2 atom stereocenters. The van der Waals surface area contributed by atoms with E-state index < -0.39 is 6.10 Å². The molecule has 0 saturated heterocycles. The van der Waals surface area contributed by atoms with Crippen molar-refractivity contribution in [2.24, 2.45) is 5.92 Å². The summed E-state index contributed by atoms with van der Waals surface area (Å²) in [5.74, 6) is -0.0223. The molecule has 1 rings (SSSR count). The average Bonchev–Trinajstić information content (AvgIpc) is 2.21. The lowest BCUT2D eigenvalue weighted by atomic mass is 9.98. The van der Waals surface area contributed by atoms with E-state index in [0.717, 1.165) is 0 Å². The molecule has 4 heteroatoms. The number of hydrogen-bond donors (Lipinski definition) is 1. The highest BCUT2D eigenvalue weighted by atomic mass is 35.5. The van der Waals surface area contributed by atoms with Gasteiger partial charge in [0.2, 0.25) is 0 Å². The Morgan fingerprint density at radius 3 is 2.67 bits per heavy atom. The predicted molar refractivity (Wildman–Crippen MR) is 62.5 cm³/mol. The second-order valence-electron chi connectivity index (χ2n) is 3.54. The second kappa shape index (κ2) is 5.71. The van der Waals surface area contributed by atoms with Crippen LogP contribution >= 0.6 is 23.2 Å².